The molecule has 7 heteroatoms. The Hall–Kier alpha value is -2.23. The lowest BCUT2D eigenvalue weighted by molar-refractivity contribution is -0.145. The van der Waals surface area contributed by atoms with Crippen molar-refractivity contribution < 1.29 is 24.2 Å². The molecule has 1 N–H and O–H groups in total. The number of carboxylic acids is 1. The molecule has 0 heterocycles. The Kier molecular flexibility index (Phi) is 7.04. The third-order valence-corrected chi connectivity index (χ3v) is 2.36. The highest BCUT2D eigenvalue weighted by Gasteiger charge is 2.23. The van der Waals surface area contributed by atoms with Crippen LogP contribution < -0.4 is 0 Å². The van der Waals surface area contributed by atoms with Crippen LogP contribution in [0.25, 0.3) is 0 Å². The minimum Gasteiger partial charge on any atom is -0.480 e. The van der Waals surface area contributed by atoms with E-state index < -0.39 is 30.4 Å². The summed E-state index contributed by atoms with van der Waals surface area (Å²) in [4.78, 5) is 36.1. The molecule has 106 valence electrons. The molecule has 0 aliphatic carbocycles. The zero-order valence-electron chi connectivity index (χ0n) is 11.3. The van der Waals surface area contributed by atoms with Gasteiger partial charge in [0.15, 0.2) is 0 Å². The van der Waals surface area contributed by atoms with Crippen LogP contribution in [-0.4, -0.2) is 66.7 Å². The Balaban J connectivity index is 4.63. The maximum absolute atomic E-state index is 12.0. The monoisotopic (exact) mass is 270 g/mol. The fourth-order valence-electron chi connectivity index (χ4n) is 1.47. The van der Waals surface area contributed by atoms with Crippen molar-refractivity contribution in [1.82, 2.24) is 9.80 Å². The number of hydrogen-bond donors (Lipinski definition) is 1. The number of ether oxygens (including phenoxy) is 1. The first kappa shape index (κ1) is 16.8. The summed E-state index contributed by atoms with van der Waals surface area (Å²) in [6.45, 7) is 1.13. The van der Waals surface area contributed by atoms with Crippen LogP contribution in [0.5, 0.6) is 0 Å². The first-order chi connectivity index (χ1) is 8.83. The van der Waals surface area contributed by atoms with Gasteiger partial charge >= 0.3 is 18.0 Å². The molecule has 0 aliphatic rings. The third kappa shape index (κ3) is 5.77. The van der Waals surface area contributed by atoms with Crippen LogP contribution in [-0.2, 0) is 14.3 Å². The van der Waals surface area contributed by atoms with Crippen molar-refractivity contribution in [2.75, 3.05) is 33.8 Å². The van der Waals surface area contributed by atoms with Crippen LogP contribution in [0.1, 0.15) is 6.92 Å². The van der Waals surface area contributed by atoms with E-state index in [1.54, 1.807) is 6.92 Å². The topological polar surface area (TPSA) is 87.2 Å². The Morgan fingerprint density at radius 3 is 2.42 bits per heavy atom. The molecule has 0 aromatic heterocycles. The van der Waals surface area contributed by atoms with Crippen LogP contribution in [0.3, 0.4) is 0 Å². The van der Waals surface area contributed by atoms with Crippen molar-refractivity contribution in [2.45, 2.75) is 6.92 Å². The zero-order chi connectivity index (χ0) is 15.0. The van der Waals surface area contributed by atoms with Gasteiger partial charge in [-0.15, -0.1) is 6.42 Å². The number of aliphatic carboxylic acids is 1. The first-order valence-electron chi connectivity index (χ1n) is 5.56. The maximum atomic E-state index is 12.0. The summed E-state index contributed by atoms with van der Waals surface area (Å²) in [6.07, 6.45) is 5.08. The summed E-state index contributed by atoms with van der Waals surface area (Å²) in [7, 11) is 2.73. The lowest BCUT2D eigenvalue weighted by Crippen LogP contribution is -2.45. The average Bonchev–Trinajstić information content (AvgIpc) is 2.35. The fourth-order valence-corrected chi connectivity index (χ4v) is 1.47. The molecule has 2 amide bonds. The Morgan fingerprint density at radius 2 is 2.00 bits per heavy atom. The molecule has 0 spiro atoms. The van der Waals surface area contributed by atoms with E-state index in [1.165, 1.54) is 19.1 Å². The van der Waals surface area contributed by atoms with E-state index >= 15 is 0 Å². The molecular weight excluding hydrogens is 252 g/mol. The van der Waals surface area contributed by atoms with E-state index in [0.717, 1.165) is 4.90 Å². The molecule has 0 radical (unpaired) electrons. The van der Waals surface area contributed by atoms with Crippen molar-refractivity contribution >= 4 is 18.0 Å². The predicted octanol–water partition coefficient (Wildman–Crippen LogP) is -0.133. The highest BCUT2D eigenvalue weighted by atomic mass is 16.5. The lowest BCUT2D eigenvalue weighted by atomic mass is 10.2. The average molecular weight is 270 g/mol. The molecule has 1 unspecified atom stereocenters. The van der Waals surface area contributed by atoms with Crippen molar-refractivity contribution in [2.24, 2.45) is 5.92 Å². The summed E-state index contributed by atoms with van der Waals surface area (Å²) >= 11 is 0. The Bertz CT molecular complexity index is 388. The van der Waals surface area contributed by atoms with Gasteiger partial charge in [0.05, 0.1) is 19.6 Å². The van der Waals surface area contributed by atoms with Crippen molar-refractivity contribution in [3.8, 4) is 12.3 Å². The summed E-state index contributed by atoms with van der Waals surface area (Å²) < 4.78 is 4.55. The van der Waals surface area contributed by atoms with Crippen molar-refractivity contribution in [3.05, 3.63) is 0 Å². The molecule has 0 aliphatic heterocycles. The Morgan fingerprint density at radius 1 is 1.42 bits per heavy atom. The molecule has 0 aromatic rings. The van der Waals surface area contributed by atoms with E-state index in [2.05, 4.69) is 10.7 Å². The van der Waals surface area contributed by atoms with Crippen LogP contribution in [0, 0.1) is 18.3 Å². The van der Waals surface area contributed by atoms with Gasteiger partial charge in [0, 0.05) is 13.6 Å². The highest BCUT2D eigenvalue weighted by Crippen LogP contribution is 2.04. The maximum Gasteiger partial charge on any atom is 0.323 e. The second-order valence-electron chi connectivity index (χ2n) is 4.04. The summed E-state index contributed by atoms with van der Waals surface area (Å²) in [5, 5.41) is 8.69. The quantitative estimate of drug-likeness (QED) is 0.536. The number of carboxylic acid groups (broad SMARTS) is 1. The third-order valence-electron chi connectivity index (χ3n) is 2.36. The van der Waals surface area contributed by atoms with Crippen LogP contribution in [0.15, 0.2) is 0 Å². The first-order valence-corrected chi connectivity index (χ1v) is 5.56. The van der Waals surface area contributed by atoms with Gasteiger partial charge < -0.3 is 19.6 Å². The fraction of sp³-hybridized carbons (Fsp3) is 0.583. The number of amides is 2. The summed E-state index contributed by atoms with van der Waals surface area (Å²) in [6, 6.07) is -0.545. The number of esters is 1. The van der Waals surface area contributed by atoms with Gasteiger partial charge in [0.2, 0.25) is 0 Å². The van der Waals surface area contributed by atoms with Gasteiger partial charge in [0.1, 0.15) is 6.54 Å². The molecule has 0 saturated heterocycles. The van der Waals surface area contributed by atoms with Gasteiger partial charge in [-0.1, -0.05) is 12.8 Å². The highest BCUT2D eigenvalue weighted by molar-refractivity contribution is 5.81. The predicted molar refractivity (Wildman–Crippen MR) is 67.2 cm³/mol. The number of nitrogens with zero attached hydrogens (tertiary/aromatic N) is 2. The van der Waals surface area contributed by atoms with Crippen LogP contribution in [0.2, 0.25) is 0 Å². The summed E-state index contributed by atoms with van der Waals surface area (Å²) in [5.41, 5.74) is 0. The number of urea groups is 1. The van der Waals surface area contributed by atoms with Gasteiger partial charge in [-0.25, -0.2) is 4.79 Å². The number of methoxy groups -OCH3 is 1. The largest absolute Gasteiger partial charge is 0.480 e. The summed E-state index contributed by atoms with van der Waals surface area (Å²) in [5.74, 6) is 0.119. The molecule has 7 nitrogen and oxygen atoms in total. The van der Waals surface area contributed by atoms with E-state index in [9.17, 15) is 14.4 Å². The minimum absolute atomic E-state index is 0.109. The lowest BCUT2D eigenvalue weighted by Gasteiger charge is -2.26. The second kappa shape index (κ2) is 7.97. The smallest absolute Gasteiger partial charge is 0.323 e. The molecule has 0 rings (SSSR count). The van der Waals surface area contributed by atoms with E-state index in [1.807, 2.05) is 0 Å². The van der Waals surface area contributed by atoms with Gasteiger partial charge in [-0.2, -0.15) is 0 Å². The zero-order valence-corrected chi connectivity index (χ0v) is 11.3. The van der Waals surface area contributed by atoms with Gasteiger partial charge in [-0.05, 0) is 0 Å². The molecule has 0 aromatic carbocycles. The molecular formula is C12H18N2O5. The Labute approximate surface area is 112 Å². The standard InChI is InChI=1S/C12H18N2O5/c1-5-6-14(8-10(15)16)12(18)13(3)7-9(2)11(17)19-4/h1,9H,6-8H2,2-4H3,(H,15,16). The number of hydrogen-bond acceptors (Lipinski definition) is 4. The molecule has 1 atom stereocenters. The van der Waals surface area contributed by atoms with E-state index in [-0.39, 0.29) is 13.1 Å². The second-order valence-corrected chi connectivity index (χ2v) is 4.04. The normalized spacial score (nSPS) is 11.1. The van der Waals surface area contributed by atoms with E-state index in [0.29, 0.717) is 0 Å². The molecule has 19 heavy (non-hydrogen) atoms. The van der Waals surface area contributed by atoms with Gasteiger partial charge in [-0.3, -0.25) is 9.59 Å². The number of rotatable bonds is 6. The van der Waals surface area contributed by atoms with Crippen molar-refractivity contribution in [1.29, 1.82) is 0 Å². The molecule has 0 fully saturated rings. The van der Waals surface area contributed by atoms with Crippen molar-refractivity contribution in [3.63, 3.8) is 0 Å². The van der Waals surface area contributed by atoms with Crippen LogP contribution >= 0.6 is 0 Å². The minimum atomic E-state index is -1.15. The van der Waals surface area contributed by atoms with E-state index in [4.69, 9.17) is 11.5 Å². The molecule has 0 saturated carbocycles. The molecule has 0 bridgehead atoms. The SMILES string of the molecule is C#CCN(CC(=O)O)C(=O)N(C)CC(C)C(=O)OC. The number of carbonyl (C=O) groups excluding carboxylic acids is 2. The van der Waals surface area contributed by atoms with Gasteiger partial charge in [0.25, 0.3) is 0 Å². The number of terminal acetylenes is 1. The number of carbonyl (C=O) groups is 3. The van der Waals surface area contributed by atoms with Crippen LogP contribution in [0.4, 0.5) is 4.79 Å².